The summed E-state index contributed by atoms with van der Waals surface area (Å²) in [5.41, 5.74) is 4.49. The highest BCUT2D eigenvalue weighted by Gasteiger charge is 2.41. The normalized spacial score (nSPS) is 19.7. The molecule has 1 aliphatic heterocycles. The third kappa shape index (κ3) is 3.22. The summed E-state index contributed by atoms with van der Waals surface area (Å²) in [6.07, 6.45) is 1.82. The lowest BCUT2D eigenvalue weighted by Crippen LogP contribution is -2.29. The Bertz CT molecular complexity index is 934. The van der Waals surface area contributed by atoms with Crippen LogP contribution in [0.1, 0.15) is 33.8 Å². The predicted molar refractivity (Wildman–Crippen MR) is 113 cm³/mol. The fourth-order valence-corrected chi connectivity index (χ4v) is 5.03. The van der Waals surface area contributed by atoms with E-state index in [-0.39, 0.29) is 12.1 Å². The summed E-state index contributed by atoms with van der Waals surface area (Å²) in [4.78, 5) is 7.92. The number of halogens is 1. The van der Waals surface area contributed by atoms with Crippen molar-refractivity contribution < 1.29 is 0 Å². The first kappa shape index (κ1) is 17.5. The van der Waals surface area contributed by atoms with Gasteiger partial charge < -0.3 is 10.2 Å². The molecule has 1 aromatic carbocycles. The van der Waals surface area contributed by atoms with Crippen LogP contribution in [0, 0.1) is 13.8 Å². The molecule has 1 saturated heterocycles. The Labute approximate surface area is 167 Å². The Kier molecular flexibility index (Phi) is 4.69. The zero-order chi connectivity index (χ0) is 18.3. The number of aryl methyl sites for hydroxylation is 2. The van der Waals surface area contributed by atoms with Crippen molar-refractivity contribution in [2.75, 3.05) is 4.90 Å². The molecule has 1 N–H and O–H groups in total. The van der Waals surface area contributed by atoms with Crippen LogP contribution >= 0.6 is 35.2 Å². The monoisotopic (exact) mass is 399 g/mol. The third-order valence-corrected chi connectivity index (χ3v) is 6.08. The zero-order valence-electron chi connectivity index (χ0n) is 14.4. The van der Waals surface area contributed by atoms with Gasteiger partial charge >= 0.3 is 0 Å². The number of rotatable bonds is 3. The largest absolute Gasteiger partial charge is 0.351 e. The van der Waals surface area contributed by atoms with Crippen LogP contribution in [0.4, 0.5) is 5.69 Å². The van der Waals surface area contributed by atoms with E-state index in [1.165, 1.54) is 11.1 Å². The molecule has 0 aliphatic carbocycles. The van der Waals surface area contributed by atoms with Gasteiger partial charge in [-0.15, -0.1) is 11.3 Å². The quantitative estimate of drug-likeness (QED) is 0.581. The van der Waals surface area contributed by atoms with Crippen molar-refractivity contribution in [1.82, 2.24) is 10.3 Å². The average Bonchev–Trinajstić information content (AvgIpc) is 3.18. The van der Waals surface area contributed by atoms with Crippen molar-refractivity contribution >= 4 is 46.0 Å². The Morgan fingerprint density at radius 3 is 2.50 bits per heavy atom. The molecule has 6 heteroatoms. The maximum Gasteiger partial charge on any atom is 0.174 e. The highest BCUT2D eigenvalue weighted by atomic mass is 35.5. The fourth-order valence-electron chi connectivity index (χ4n) is 3.50. The van der Waals surface area contributed by atoms with Gasteiger partial charge in [0.15, 0.2) is 5.11 Å². The molecule has 132 valence electrons. The Hall–Kier alpha value is -1.95. The number of aromatic nitrogens is 1. The van der Waals surface area contributed by atoms with E-state index < -0.39 is 0 Å². The minimum Gasteiger partial charge on any atom is -0.351 e. The summed E-state index contributed by atoms with van der Waals surface area (Å²) >= 11 is 13.6. The first-order valence-corrected chi connectivity index (χ1v) is 9.97. The van der Waals surface area contributed by atoms with Gasteiger partial charge in [0.25, 0.3) is 0 Å². The molecule has 0 amide bonds. The molecule has 1 aliphatic rings. The standard InChI is InChI=1S/C20H18ClN3S2/c1-12-9-13(2)11-14(10-12)24-19(16-6-7-17(21)26-16)18(23-20(24)25)15-5-3-4-8-22-15/h3-11,18-19H,1-2H3,(H,23,25)/t18-,19-/m0/s1. The van der Waals surface area contributed by atoms with Crippen LogP contribution in [0.5, 0.6) is 0 Å². The second-order valence-corrected chi connectivity index (χ2v) is 8.62. The Morgan fingerprint density at radius 2 is 1.88 bits per heavy atom. The fraction of sp³-hybridized carbons (Fsp3) is 0.200. The smallest absolute Gasteiger partial charge is 0.174 e. The van der Waals surface area contributed by atoms with Crippen LogP contribution in [0.25, 0.3) is 0 Å². The molecule has 3 heterocycles. The maximum atomic E-state index is 6.24. The minimum atomic E-state index is -0.0285. The molecule has 0 bridgehead atoms. The molecule has 26 heavy (non-hydrogen) atoms. The van der Waals surface area contributed by atoms with Gasteiger partial charge in [0.05, 0.1) is 22.1 Å². The van der Waals surface area contributed by atoms with Crippen LogP contribution in [0.15, 0.2) is 54.7 Å². The van der Waals surface area contributed by atoms with E-state index in [2.05, 4.69) is 53.3 Å². The number of thiocarbonyl (C=S) groups is 1. The first-order valence-electron chi connectivity index (χ1n) is 8.37. The summed E-state index contributed by atoms with van der Waals surface area (Å²) in [7, 11) is 0. The van der Waals surface area contributed by atoms with E-state index in [1.54, 1.807) is 11.3 Å². The molecular weight excluding hydrogens is 382 g/mol. The highest BCUT2D eigenvalue weighted by molar-refractivity contribution is 7.80. The summed E-state index contributed by atoms with van der Waals surface area (Å²) in [5, 5.41) is 4.18. The van der Waals surface area contributed by atoms with E-state index in [0.29, 0.717) is 5.11 Å². The van der Waals surface area contributed by atoms with Crippen LogP contribution in [0.2, 0.25) is 4.34 Å². The molecule has 0 unspecified atom stereocenters. The number of anilines is 1. The molecule has 3 aromatic rings. The molecule has 4 rings (SSSR count). The number of benzene rings is 1. The van der Waals surface area contributed by atoms with Gasteiger partial charge in [-0.1, -0.05) is 23.7 Å². The van der Waals surface area contributed by atoms with Crippen molar-refractivity contribution in [2.45, 2.75) is 25.9 Å². The lowest BCUT2D eigenvalue weighted by atomic mass is 10.0. The van der Waals surface area contributed by atoms with Gasteiger partial charge in [-0.25, -0.2) is 0 Å². The van der Waals surface area contributed by atoms with Crippen molar-refractivity contribution in [3.05, 3.63) is 80.8 Å². The van der Waals surface area contributed by atoms with E-state index >= 15 is 0 Å². The Balaban J connectivity index is 1.85. The molecule has 0 saturated carbocycles. The molecule has 2 aromatic heterocycles. The molecular formula is C20H18ClN3S2. The van der Waals surface area contributed by atoms with Crippen molar-refractivity contribution in [3.8, 4) is 0 Å². The molecule has 1 fully saturated rings. The number of nitrogens with one attached hydrogen (secondary N) is 1. The number of hydrogen-bond acceptors (Lipinski definition) is 3. The second-order valence-electron chi connectivity index (χ2n) is 6.48. The zero-order valence-corrected chi connectivity index (χ0v) is 16.8. The average molecular weight is 400 g/mol. The van der Waals surface area contributed by atoms with Gasteiger partial charge in [0.1, 0.15) is 0 Å². The topological polar surface area (TPSA) is 28.2 Å². The van der Waals surface area contributed by atoms with Crippen LogP contribution in [0.3, 0.4) is 0 Å². The van der Waals surface area contributed by atoms with E-state index in [4.69, 9.17) is 23.8 Å². The lowest BCUT2D eigenvalue weighted by Gasteiger charge is -2.27. The van der Waals surface area contributed by atoms with Crippen molar-refractivity contribution in [1.29, 1.82) is 0 Å². The first-order chi connectivity index (χ1) is 12.5. The van der Waals surface area contributed by atoms with Gasteiger partial charge in [-0.3, -0.25) is 4.98 Å². The molecule has 0 radical (unpaired) electrons. The van der Waals surface area contributed by atoms with Crippen LogP contribution in [-0.4, -0.2) is 10.1 Å². The van der Waals surface area contributed by atoms with Crippen LogP contribution < -0.4 is 10.2 Å². The number of hydrogen-bond donors (Lipinski definition) is 1. The number of pyridine rings is 1. The second kappa shape index (κ2) is 6.99. The Morgan fingerprint density at radius 1 is 1.12 bits per heavy atom. The van der Waals surface area contributed by atoms with Crippen molar-refractivity contribution in [3.63, 3.8) is 0 Å². The lowest BCUT2D eigenvalue weighted by molar-refractivity contribution is 0.575. The van der Waals surface area contributed by atoms with Gasteiger partial charge in [0, 0.05) is 16.8 Å². The van der Waals surface area contributed by atoms with E-state index in [0.717, 1.165) is 20.6 Å². The molecule has 0 spiro atoms. The van der Waals surface area contributed by atoms with Gasteiger partial charge in [-0.2, -0.15) is 0 Å². The summed E-state index contributed by atoms with van der Waals surface area (Å²) in [6, 6.07) is 16.5. The van der Waals surface area contributed by atoms with Crippen LogP contribution in [-0.2, 0) is 0 Å². The third-order valence-electron chi connectivity index (χ3n) is 4.47. The van der Waals surface area contributed by atoms with Gasteiger partial charge in [0.2, 0.25) is 0 Å². The van der Waals surface area contributed by atoms with E-state index in [1.807, 2.05) is 30.5 Å². The maximum absolute atomic E-state index is 6.24. The summed E-state index contributed by atoms with van der Waals surface area (Å²) in [6.45, 7) is 4.21. The summed E-state index contributed by atoms with van der Waals surface area (Å²) < 4.78 is 0.776. The number of nitrogens with zero attached hydrogens (tertiary/aromatic N) is 2. The summed E-state index contributed by atoms with van der Waals surface area (Å²) in [5.74, 6) is 0. The van der Waals surface area contributed by atoms with E-state index in [9.17, 15) is 0 Å². The molecule has 3 nitrogen and oxygen atoms in total. The highest BCUT2D eigenvalue weighted by Crippen LogP contribution is 2.44. The van der Waals surface area contributed by atoms with Gasteiger partial charge in [-0.05, 0) is 73.6 Å². The molecule has 2 atom stereocenters. The SMILES string of the molecule is Cc1cc(C)cc(N2C(=S)N[C@@H](c3ccccn3)[C@@H]2c2ccc(Cl)s2)c1. The minimum absolute atomic E-state index is 0.0103. The predicted octanol–water partition coefficient (Wildman–Crippen LogP) is 5.59. The van der Waals surface area contributed by atoms with Crippen molar-refractivity contribution in [2.24, 2.45) is 0 Å². The number of thiophene rings is 1.